The van der Waals surface area contributed by atoms with E-state index < -0.39 is 24.1 Å². The Hall–Kier alpha value is -4.63. The van der Waals surface area contributed by atoms with E-state index in [2.05, 4.69) is 5.10 Å². The van der Waals surface area contributed by atoms with Gasteiger partial charge in [0.2, 0.25) is 5.60 Å². The predicted molar refractivity (Wildman–Crippen MR) is 144 cm³/mol. The van der Waals surface area contributed by atoms with Crippen LogP contribution in [0.15, 0.2) is 109 Å². The highest BCUT2D eigenvalue weighted by molar-refractivity contribution is 5.82. The average molecular weight is 546 g/mol. The fraction of sp³-hybridized carbons (Fsp3) is 0.129. The molecule has 202 valence electrons. The van der Waals surface area contributed by atoms with Gasteiger partial charge in [0, 0.05) is 17.6 Å². The summed E-state index contributed by atoms with van der Waals surface area (Å²) in [5, 5.41) is 16.6. The van der Waals surface area contributed by atoms with E-state index in [4.69, 9.17) is 4.74 Å². The van der Waals surface area contributed by atoms with Crippen molar-refractivity contribution in [2.75, 3.05) is 0 Å². The van der Waals surface area contributed by atoms with Crippen LogP contribution >= 0.6 is 0 Å². The van der Waals surface area contributed by atoms with E-state index in [1.807, 2.05) is 30.3 Å². The second-order valence-electron chi connectivity index (χ2n) is 9.60. The van der Waals surface area contributed by atoms with Crippen LogP contribution in [0.3, 0.4) is 0 Å². The largest absolute Gasteiger partial charge is 0.489 e. The van der Waals surface area contributed by atoms with Crippen molar-refractivity contribution in [3.63, 3.8) is 0 Å². The Balaban J connectivity index is 1.33. The van der Waals surface area contributed by atoms with Crippen LogP contribution in [-0.2, 0) is 18.8 Å². The number of hydrogen-bond acceptors (Lipinski definition) is 3. The molecular formula is C31H23F4N3O2. The Morgan fingerprint density at radius 3 is 2.33 bits per heavy atom. The summed E-state index contributed by atoms with van der Waals surface area (Å²) in [6, 6.07) is 26.1. The summed E-state index contributed by atoms with van der Waals surface area (Å²) in [5.41, 5.74) is -0.970. The Kier molecular flexibility index (Phi) is 6.31. The summed E-state index contributed by atoms with van der Waals surface area (Å²) >= 11 is 0. The van der Waals surface area contributed by atoms with Gasteiger partial charge in [-0.1, -0.05) is 36.4 Å². The number of halogens is 4. The number of fused-ring (bicyclic) bond motifs is 2. The van der Waals surface area contributed by atoms with Crippen molar-refractivity contribution in [2.24, 2.45) is 0 Å². The number of rotatable bonds is 7. The third-order valence-electron chi connectivity index (χ3n) is 6.98. The molecule has 0 saturated heterocycles. The van der Waals surface area contributed by atoms with Crippen molar-refractivity contribution in [3.8, 4) is 11.4 Å². The zero-order valence-electron chi connectivity index (χ0n) is 21.0. The molecule has 40 heavy (non-hydrogen) atoms. The molecule has 0 bridgehead atoms. The molecule has 2 aromatic heterocycles. The van der Waals surface area contributed by atoms with Crippen LogP contribution in [0.25, 0.3) is 27.5 Å². The maximum atomic E-state index is 14.5. The van der Waals surface area contributed by atoms with Gasteiger partial charge in [-0.2, -0.15) is 18.3 Å². The topological polar surface area (TPSA) is 52.2 Å². The fourth-order valence-corrected chi connectivity index (χ4v) is 4.80. The van der Waals surface area contributed by atoms with Crippen LogP contribution in [0, 0.1) is 5.82 Å². The predicted octanol–water partition coefficient (Wildman–Crippen LogP) is 7.15. The number of ether oxygens (including phenoxy) is 1. The van der Waals surface area contributed by atoms with E-state index in [0.29, 0.717) is 39.8 Å². The second-order valence-corrected chi connectivity index (χ2v) is 9.60. The zero-order valence-corrected chi connectivity index (χ0v) is 21.0. The van der Waals surface area contributed by atoms with Crippen LogP contribution in [0.1, 0.15) is 11.1 Å². The average Bonchev–Trinajstić information content (AvgIpc) is 3.56. The lowest BCUT2D eigenvalue weighted by Gasteiger charge is -2.32. The summed E-state index contributed by atoms with van der Waals surface area (Å²) in [7, 11) is 0. The highest BCUT2D eigenvalue weighted by atomic mass is 19.4. The molecule has 0 aliphatic heterocycles. The van der Waals surface area contributed by atoms with Crippen molar-refractivity contribution in [1.82, 2.24) is 14.3 Å². The van der Waals surface area contributed by atoms with E-state index in [1.165, 1.54) is 64.1 Å². The van der Waals surface area contributed by atoms with Gasteiger partial charge >= 0.3 is 6.18 Å². The number of hydrogen-bond donors (Lipinski definition) is 1. The first-order valence-electron chi connectivity index (χ1n) is 12.5. The van der Waals surface area contributed by atoms with Gasteiger partial charge in [-0.3, -0.25) is 0 Å². The van der Waals surface area contributed by atoms with Crippen LogP contribution < -0.4 is 4.74 Å². The van der Waals surface area contributed by atoms with Crippen molar-refractivity contribution in [2.45, 2.75) is 24.9 Å². The fourth-order valence-electron chi connectivity index (χ4n) is 4.80. The van der Waals surface area contributed by atoms with Gasteiger partial charge in [0.05, 0.1) is 29.5 Å². The molecule has 5 nitrogen and oxygen atoms in total. The maximum absolute atomic E-state index is 14.5. The van der Waals surface area contributed by atoms with E-state index in [1.54, 1.807) is 24.3 Å². The first kappa shape index (κ1) is 25.6. The van der Waals surface area contributed by atoms with E-state index in [9.17, 15) is 22.7 Å². The molecule has 2 heterocycles. The number of nitrogens with zero attached hydrogens (tertiary/aromatic N) is 3. The Bertz CT molecular complexity index is 1790. The van der Waals surface area contributed by atoms with Gasteiger partial charge < -0.3 is 14.4 Å². The smallest absolute Gasteiger partial charge is 0.423 e. The number of aliphatic hydroxyl groups is 1. The zero-order chi connectivity index (χ0) is 27.9. The van der Waals surface area contributed by atoms with Gasteiger partial charge in [0.1, 0.15) is 18.2 Å². The minimum atomic E-state index is -4.98. The molecule has 4 aromatic carbocycles. The monoisotopic (exact) mass is 545 g/mol. The minimum absolute atomic E-state index is 0.311. The standard InChI is InChI=1S/C31H23F4N3O2/c32-25-8-10-26(11-9-25)38-28-13-7-24(16-23(28)18-36-38)30(39,31(33,34)35)20-37-15-14-22-6-12-27(17-29(22)37)40-19-21-4-2-1-3-5-21/h1-18,39H,19-20H2. The van der Waals surface area contributed by atoms with Gasteiger partial charge in [0.15, 0.2) is 0 Å². The van der Waals surface area contributed by atoms with E-state index in [-0.39, 0.29) is 5.56 Å². The van der Waals surface area contributed by atoms with Crippen LogP contribution in [0.2, 0.25) is 0 Å². The molecule has 1 unspecified atom stereocenters. The van der Waals surface area contributed by atoms with Crippen molar-refractivity contribution >= 4 is 21.8 Å². The number of alkyl halides is 3. The molecule has 6 aromatic rings. The molecule has 0 fully saturated rings. The van der Waals surface area contributed by atoms with Crippen molar-refractivity contribution in [1.29, 1.82) is 0 Å². The maximum Gasteiger partial charge on any atom is 0.423 e. The first-order chi connectivity index (χ1) is 19.2. The lowest BCUT2D eigenvalue weighted by atomic mass is 9.91. The second kappa shape index (κ2) is 9.84. The third-order valence-corrected chi connectivity index (χ3v) is 6.98. The van der Waals surface area contributed by atoms with Crippen molar-refractivity contribution < 1.29 is 27.4 Å². The van der Waals surface area contributed by atoms with Gasteiger partial charge in [-0.25, -0.2) is 9.07 Å². The van der Waals surface area contributed by atoms with Crippen LogP contribution in [0.5, 0.6) is 5.75 Å². The Labute approximate surface area is 226 Å². The molecule has 0 spiro atoms. The van der Waals surface area contributed by atoms with Crippen LogP contribution in [-0.4, -0.2) is 25.6 Å². The molecule has 1 atom stereocenters. The molecule has 9 heteroatoms. The first-order valence-corrected chi connectivity index (χ1v) is 12.5. The van der Waals surface area contributed by atoms with Crippen LogP contribution in [0.4, 0.5) is 17.6 Å². The minimum Gasteiger partial charge on any atom is -0.489 e. The molecule has 6 rings (SSSR count). The Morgan fingerprint density at radius 2 is 1.57 bits per heavy atom. The van der Waals surface area contributed by atoms with Gasteiger partial charge in [0.25, 0.3) is 0 Å². The normalized spacial score (nSPS) is 13.5. The molecule has 0 amide bonds. The number of aromatic nitrogens is 3. The molecular weight excluding hydrogens is 522 g/mol. The lowest BCUT2D eigenvalue weighted by molar-refractivity contribution is -0.271. The highest BCUT2D eigenvalue weighted by Gasteiger charge is 2.55. The summed E-state index contributed by atoms with van der Waals surface area (Å²) in [4.78, 5) is 0. The lowest BCUT2D eigenvalue weighted by Crippen LogP contribution is -2.45. The molecule has 0 aliphatic rings. The van der Waals surface area contributed by atoms with Crippen molar-refractivity contribution in [3.05, 3.63) is 126 Å². The molecule has 0 radical (unpaired) electrons. The summed E-state index contributed by atoms with van der Waals surface area (Å²) in [6.07, 6.45) is -2.04. The van der Waals surface area contributed by atoms with E-state index in [0.717, 1.165) is 5.56 Å². The molecule has 0 saturated carbocycles. The summed E-state index contributed by atoms with van der Waals surface area (Å²) in [5.74, 6) is 0.0895. The van der Waals surface area contributed by atoms with E-state index >= 15 is 0 Å². The Morgan fingerprint density at radius 1 is 0.800 bits per heavy atom. The quantitative estimate of drug-likeness (QED) is 0.217. The van der Waals surface area contributed by atoms with Gasteiger partial charge in [-0.05, 0) is 71.1 Å². The SMILES string of the molecule is OC(Cn1ccc2ccc(OCc3ccccc3)cc21)(c1ccc2c(cnn2-c2ccc(F)cc2)c1)C(F)(F)F. The molecule has 1 N–H and O–H groups in total. The summed E-state index contributed by atoms with van der Waals surface area (Å²) < 4.78 is 65.7. The third kappa shape index (κ3) is 4.69. The van der Waals surface area contributed by atoms with Gasteiger partial charge in [-0.15, -0.1) is 0 Å². The summed E-state index contributed by atoms with van der Waals surface area (Å²) in [6.45, 7) is -0.453. The number of benzene rings is 4. The highest BCUT2D eigenvalue weighted by Crippen LogP contribution is 2.42. The molecule has 0 aliphatic carbocycles.